The molecule has 4 N–H and O–H groups in total. The number of nitrogens with one attached hydrogen (secondary N) is 2. The maximum Gasteiger partial charge on any atom is 0.404 e. The number of fused-ring (bicyclic) bond motifs is 2. The molecule has 5 rings (SSSR count). The maximum absolute atomic E-state index is 13.1. The molecule has 2 aromatic carbocycles. The Kier molecular flexibility index (Phi) is 6.21. The van der Waals surface area contributed by atoms with E-state index in [1.54, 1.807) is 13.1 Å². The molecule has 3 aliphatic rings. The molecule has 2 heterocycles. The lowest BCUT2D eigenvalue weighted by atomic mass is 9.90. The van der Waals surface area contributed by atoms with Crippen LogP contribution in [0.25, 0.3) is 0 Å². The maximum atomic E-state index is 13.1. The van der Waals surface area contributed by atoms with Gasteiger partial charge in [-0.05, 0) is 29.8 Å². The molecule has 0 bridgehead atoms. The van der Waals surface area contributed by atoms with E-state index in [0.29, 0.717) is 54.3 Å². The molecule has 10 nitrogen and oxygen atoms in total. The van der Waals surface area contributed by atoms with Gasteiger partial charge in [0.2, 0.25) is 0 Å². The van der Waals surface area contributed by atoms with Crippen molar-refractivity contribution >= 4 is 17.9 Å². The van der Waals surface area contributed by atoms with Crippen LogP contribution in [0.5, 0.6) is 11.5 Å². The average Bonchev–Trinajstić information content (AvgIpc) is 3.22. The van der Waals surface area contributed by atoms with Crippen LogP contribution in [0.15, 0.2) is 36.4 Å². The van der Waals surface area contributed by atoms with E-state index in [1.165, 1.54) is 0 Å². The fraction of sp³-hybridized carbons (Fsp3) is 0.400. The average molecular weight is 482 g/mol. The zero-order valence-electron chi connectivity index (χ0n) is 19.2. The van der Waals surface area contributed by atoms with Gasteiger partial charge in [-0.25, -0.2) is 4.79 Å². The largest absolute Gasteiger partial charge is 0.491 e. The second-order valence-electron chi connectivity index (χ2n) is 8.83. The molecule has 10 heteroatoms. The molecule has 0 spiro atoms. The predicted molar refractivity (Wildman–Crippen MR) is 124 cm³/mol. The van der Waals surface area contributed by atoms with Crippen LogP contribution in [-0.2, 0) is 9.47 Å². The molecule has 184 valence electrons. The van der Waals surface area contributed by atoms with Crippen molar-refractivity contribution in [3.8, 4) is 11.5 Å². The highest BCUT2D eigenvalue weighted by molar-refractivity contribution is 6.02. The lowest BCUT2D eigenvalue weighted by Gasteiger charge is -2.14. The Hall–Kier alpha value is -3.79. The summed E-state index contributed by atoms with van der Waals surface area (Å²) in [5.41, 5.74) is 7.45. The Morgan fingerprint density at radius 3 is 2.46 bits per heavy atom. The first-order valence-electron chi connectivity index (χ1n) is 11.5. The number of ether oxygens (including phenoxy) is 4. The Morgan fingerprint density at radius 1 is 1.03 bits per heavy atom. The SMILES string of the molecule is CNC(=O)c1cc(C(=O)NC2C3COCC32)cc2c1OCC2c1ccc(OCCOC(N)=O)cc1. The second kappa shape index (κ2) is 9.46. The fourth-order valence-corrected chi connectivity index (χ4v) is 4.82. The number of hydrogen-bond acceptors (Lipinski definition) is 7. The minimum Gasteiger partial charge on any atom is -0.491 e. The third-order valence-electron chi connectivity index (χ3n) is 6.75. The molecule has 2 aromatic rings. The van der Waals surface area contributed by atoms with E-state index >= 15 is 0 Å². The first kappa shape index (κ1) is 23.0. The summed E-state index contributed by atoms with van der Waals surface area (Å²) in [6.07, 6.45) is -0.845. The minimum absolute atomic E-state index is 0.0589. The van der Waals surface area contributed by atoms with Crippen LogP contribution < -0.4 is 25.8 Å². The van der Waals surface area contributed by atoms with Crippen LogP contribution in [0, 0.1) is 11.8 Å². The fourth-order valence-electron chi connectivity index (χ4n) is 4.82. The normalized spacial score (nSPS) is 23.5. The highest BCUT2D eigenvalue weighted by Gasteiger charge is 2.54. The Balaban J connectivity index is 1.35. The summed E-state index contributed by atoms with van der Waals surface area (Å²) in [4.78, 5) is 36.3. The summed E-state index contributed by atoms with van der Waals surface area (Å²) in [5, 5.41) is 5.73. The lowest BCUT2D eigenvalue weighted by molar-refractivity contribution is 0.0928. The van der Waals surface area contributed by atoms with E-state index in [2.05, 4.69) is 15.4 Å². The van der Waals surface area contributed by atoms with Gasteiger partial charge in [0.25, 0.3) is 11.8 Å². The van der Waals surface area contributed by atoms with Crippen LogP contribution in [0.4, 0.5) is 4.79 Å². The molecular weight excluding hydrogens is 454 g/mol. The van der Waals surface area contributed by atoms with Gasteiger partial charge in [0.1, 0.15) is 24.7 Å². The predicted octanol–water partition coefficient (Wildman–Crippen LogP) is 1.42. The summed E-state index contributed by atoms with van der Waals surface area (Å²) in [6, 6.07) is 11.0. The third kappa shape index (κ3) is 4.61. The van der Waals surface area contributed by atoms with Gasteiger partial charge >= 0.3 is 6.09 Å². The molecule has 3 atom stereocenters. The monoisotopic (exact) mass is 481 g/mol. The number of nitrogens with two attached hydrogens (primary N) is 1. The number of rotatable bonds is 8. The highest BCUT2D eigenvalue weighted by atomic mass is 16.6. The van der Waals surface area contributed by atoms with Crippen molar-refractivity contribution in [1.82, 2.24) is 10.6 Å². The molecule has 2 aliphatic heterocycles. The van der Waals surface area contributed by atoms with Gasteiger partial charge in [0, 0.05) is 42.0 Å². The first-order valence-corrected chi connectivity index (χ1v) is 11.5. The number of carbonyl (C=O) groups excluding carboxylic acids is 3. The quantitative estimate of drug-likeness (QED) is 0.485. The van der Waals surface area contributed by atoms with Crippen molar-refractivity contribution in [3.05, 3.63) is 58.7 Å². The Labute approximate surface area is 202 Å². The van der Waals surface area contributed by atoms with Crippen molar-refractivity contribution in [2.24, 2.45) is 17.6 Å². The number of primary amides is 1. The van der Waals surface area contributed by atoms with Crippen molar-refractivity contribution < 1.29 is 33.3 Å². The van der Waals surface area contributed by atoms with Gasteiger partial charge in [-0.1, -0.05) is 12.1 Å². The molecule has 2 fully saturated rings. The standard InChI is InChI=1S/C25H27N3O7/c1-27-24(30)17-9-14(23(29)28-21-19-10-32-11-20(19)21)8-16-18(12-35-22(16)17)13-2-4-15(5-3-13)33-6-7-34-25(26)31/h2-5,8-9,18-21H,6-7,10-12H2,1H3,(H2,26,31)(H,27,30)(H,28,29). The molecule has 1 aliphatic carbocycles. The minimum atomic E-state index is -0.845. The van der Waals surface area contributed by atoms with Gasteiger partial charge in [0.15, 0.2) is 0 Å². The van der Waals surface area contributed by atoms with Crippen molar-refractivity contribution in [1.29, 1.82) is 0 Å². The molecule has 0 radical (unpaired) electrons. The number of carbonyl (C=O) groups is 3. The van der Waals surface area contributed by atoms with Crippen LogP contribution in [0.3, 0.4) is 0 Å². The van der Waals surface area contributed by atoms with Crippen molar-refractivity contribution in [3.63, 3.8) is 0 Å². The smallest absolute Gasteiger partial charge is 0.404 e. The Bertz CT molecular complexity index is 1140. The molecule has 1 saturated heterocycles. The summed E-state index contributed by atoms with van der Waals surface area (Å²) in [6.45, 7) is 1.94. The van der Waals surface area contributed by atoms with Crippen molar-refractivity contribution in [2.45, 2.75) is 12.0 Å². The zero-order chi connectivity index (χ0) is 24.5. The van der Waals surface area contributed by atoms with Crippen LogP contribution in [0.2, 0.25) is 0 Å². The van der Waals surface area contributed by atoms with Gasteiger partial charge in [0.05, 0.1) is 25.4 Å². The number of amides is 3. The van der Waals surface area contributed by atoms with E-state index in [-0.39, 0.29) is 37.0 Å². The lowest BCUT2D eigenvalue weighted by Crippen LogP contribution is -2.30. The van der Waals surface area contributed by atoms with Crippen LogP contribution >= 0.6 is 0 Å². The molecule has 1 saturated carbocycles. The van der Waals surface area contributed by atoms with E-state index in [9.17, 15) is 14.4 Å². The topological polar surface area (TPSA) is 138 Å². The molecule has 35 heavy (non-hydrogen) atoms. The first-order chi connectivity index (χ1) is 17.0. The summed E-state index contributed by atoms with van der Waals surface area (Å²) >= 11 is 0. The molecule has 3 unspecified atom stereocenters. The number of benzene rings is 2. The van der Waals surface area contributed by atoms with E-state index in [4.69, 9.17) is 19.9 Å². The zero-order valence-corrected chi connectivity index (χ0v) is 19.2. The summed E-state index contributed by atoms with van der Waals surface area (Å²) < 4.78 is 21.6. The third-order valence-corrected chi connectivity index (χ3v) is 6.75. The van der Waals surface area contributed by atoms with Gasteiger partial charge in [-0.3, -0.25) is 9.59 Å². The summed E-state index contributed by atoms with van der Waals surface area (Å²) in [5.74, 6) is 1.20. The van der Waals surface area contributed by atoms with Gasteiger partial charge < -0.3 is 35.3 Å². The van der Waals surface area contributed by atoms with Crippen LogP contribution in [-0.4, -0.2) is 64.0 Å². The van der Waals surface area contributed by atoms with Crippen molar-refractivity contribution in [2.75, 3.05) is 40.1 Å². The highest BCUT2D eigenvalue weighted by Crippen LogP contribution is 2.45. The van der Waals surface area contributed by atoms with Crippen LogP contribution in [0.1, 0.15) is 37.8 Å². The van der Waals surface area contributed by atoms with Gasteiger partial charge in [-0.2, -0.15) is 0 Å². The van der Waals surface area contributed by atoms with E-state index < -0.39 is 6.09 Å². The molecule has 3 amide bonds. The molecular formula is C25H27N3O7. The summed E-state index contributed by atoms with van der Waals surface area (Å²) in [7, 11) is 1.55. The van der Waals surface area contributed by atoms with E-state index in [1.807, 2.05) is 30.3 Å². The van der Waals surface area contributed by atoms with Gasteiger partial charge in [-0.15, -0.1) is 0 Å². The molecule has 0 aromatic heterocycles. The van der Waals surface area contributed by atoms with E-state index in [0.717, 1.165) is 11.1 Å². The Morgan fingerprint density at radius 2 is 1.77 bits per heavy atom. The number of hydrogen-bond donors (Lipinski definition) is 3. The second-order valence-corrected chi connectivity index (χ2v) is 8.83.